The predicted octanol–water partition coefficient (Wildman–Crippen LogP) is 2.39. The van der Waals surface area contributed by atoms with Gasteiger partial charge in [0, 0.05) is 6.61 Å². The van der Waals surface area contributed by atoms with E-state index in [0.29, 0.717) is 0 Å². The molecular weight excluding hydrogens is 260 g/mol. The Hall–Kier alpha value is -0.740. The lowest BCUT2D eigenvalue weighted by Gasteiger charge is -2.11. The normalized spacial score (nSPS) is 10.1. The number of hydrogen-bond acceptors (Lipinski definition) is 3. The summed E-state index contributed by atoms with van der Waals surface area (Å²) < 4.78 is 11.3. The molecule has 1 aromatic carbocycles. The van der Waals surface area contributed by atoms with Crippen LogP contribution in [0.25, 0.3) is 0 Å². The van der Waals surface area contributed by atoms with E-state index in [2.05, 4.69) is 15.9 Å². The van der Waals surface area contributed by atoms with E-state index in [1.54, 1.807) is 14.2 Å². The molecule has 15 heavy (non-hydrogen) atoms. The number of aryl methyl sites for hydroxylation is 1. The molecular formula is C11H15BrO3. The summed E-state index contributed by atoms with van der Waals surface area (Å²) in [5.41, 5.74) is 1.10. The first-order valence-corrected chi connectivity index (χ1v) is 5.53. The van der Waals surface area contributed by atoms with Gasteiger partial charge < -0.3 is 14.6 Å². The van der Waals surface area contributed by atoms with Crippen LogP contribution in [0.15, 0.2) is 16.6 Å². The van der Waals surface area contributed by atoms with Gasteiger partial charge in [0.1, 0.15) is 16.0 Å². The molecule has 0 amide bonds. The SMILES string of the molecule is COc1cc(CCCO)cc(OC)c1Br. The molecule has 0 aliphatic carbocycles. The average Bonchev–Trinajstić information content (AvgIpc) is 2.27. The van der Waals surface area contributed by atoms with Crippen molar-refractivity contribution in [3.63, 3.8) is 0 Å². The van der Waals surface area contributed by atoms with Gasteiger partial charge in [-0.3, -0.25) is 0 Å². The molecule has 0 aromatic heterocycles. The van der Waals surface area contributed by atoms with E-state index in [-0.39, 0.29) is 6.61 Å². The highest BCUT2D eigenvalue weighted by Gasteiger charge is 2.09. The van der Waals surface area contributed by atoms with Crippen LogP contribution in [0.3, 0.4) is 0 Å². The third kappa shape index (κ3) is 3.11. The zero-order chi connectivity index (χ0) is 11.3. The summed E-state index contributed by atoms with van der Waals surface area (Å²) in [4.78, 5) is 0. The van der Waals surface area contributed by atoms with E-state index >= 15 is 0 Å². The van der Waals surface area contributed by atoms with E-state index in [1.807, 2.05) is 12.1 Å². The van der Waals surface area contributed by atoms with E-state index in [4.69, 9.17) is 14.6 Å². The largest absolute Gasteiger partial charge is 0.495 e. The van der Waals surface area contributed by atoms with Crippen LogP contribution >= 0.6 is 15.9 Å². The van der Waals surface area contributed by atoms with Gasteiger partial charge in [0.15, 0.2) is 0 Å². The molecule has 3 nitrogen and oxygen atoms in total. The molecule has 0 saturated heterocycles. The molecule has 0 spiro atoms. The third-order valence-electron chi connectivity index (χ3n) is 2.13. The Balaban J connectivity index is 2.98. The maximum absolute atomic E-state index is 8.76. The van der Waals surface area contributed by atoms with Crippen molar-refractivity contribution < 1.29 is 14.6 Å². The molecule has 4 heteroatoms. The maximum atomic E-state index is 8.76. The molecule has 0 bridgehead atoms. The van der Waals surface area contributed by atoms with Gasteiger partial charge in [-0.1, -0.05) is 0 Å². The number of hydrogen-bond donors (Lipinski definition) is 1. The Bertz CT molecular complexity index is 301. The zero-order valence-electron chi connectivity index (χ0n) is 8.92. The smallest absolute Gasteiger partial charge is 0.137 e. The molecule has 0 heterocycles. The molecule has 1 N–H and O–H groups in total. The second-order valence-corrected chi connectivity index (χ2v) is 3.93. The molecule has 0 unspecified atom stereocenters. The van der Waals surface area contributed by atoms with Gasteiger partial charge in [-0.05, 0) is 46.5 Å². The Labute approximate surface area is 98.1 Å². The quantitative estimate of drug-likeness (QED) is 0.896. The van der Waals surface area contributed by atoms with Crippen LogP contribution in [0.5, 0.6) is 11.5 Å². The van der Waals surface area contributed by atoms with E-state index in [9.17, 15) is 0 Å². The standard InChI is InChI=1S/C11H15BrO3/c1-14-9-6-8(4-3-5-13)7-10(15-2)11(9)12/h6-7,13H,3-5H2,1-2H3. The molecule has 0 atom stereocenters. The Morgan fingerprint density at radius 3 is 2.13 bits per heavy atom. The van der Waals surface area contributed by atoms with Crippen LogP contribution in [0, 0.1) is 0 Å². The highest BCUT2D eigenvalue weighted by atomic mass is 79.9. The molecule has 0 aliphatic heterocycles. The molecule has 0 radical (unpaired) electrons. The topological polar surface area (TPSA) is 38.7 Å². The summed E-state index contributed by atoms with van der Waals surface area (Å²) >= 11 is 3.40. The van der Waals surface area contributed by atoms with Crippen molar-refractivity contribution in [3.05, 3.63) is 22.2 Å². The van der Waals surface area contributed by atoms with Gasteiger partial charge in [0.2, 0.25) is 0 Å². The Morgan fingerprint density at radius 1 is 1.20 bits per heavy atom. The number of aliphatic hydroxyl groups excluding tert-OH is 1. The summed E-state index contributed by atoms with van der Waals surface area (Å²) in [7, 11) is 3.24. The Morgan fingerprint density at radius 2 is 1.73 bits per heavy atom. The van der Waals surface area contributed by atoms with Crippen molar-refractivity contribution in [3.8, 4) is 11.5 Å². The fourth-order valence-corrected chi connectivity index (χ4v) is 1.90. The minimum Gasteiger partial charge on any atom is -0.495 e. The fraction of sp³-hybridized carbons (Fsp3) is 0.455. The number of halogens is 1. The van der Waals surface area contributed by atoms with Crippen molar-refractivity contribution in [1.82, 2.24) is 0 Å². The van der Waals surface area contributed by atoms with Crippen molar-refractivity contribution in [2.24, 2.45) is 0 Å². The lowest BCUT2D eigenvalue weighted by molar-refractivity contribution is 0.288. The van der Waals surface area contributed by atoms with E-state index in [1.165, 1.54) is 0 Å². The first-order chi connectivity index (χ1) is 7.22. The number of benzene rings is 1. The highest BCUT2D eigenvalue weighted by molar-refractivity contribution is 9.10. The fourth-order valence-electron chi connectivity index (χ4n) is 1.35. The van der Waals surface area contributed by atoms with Crippen LogP contribution < -0.4 is 9.47 Å². The minimum absolute atomic E-state index is 0.195. The van der Waals surface area contributed by atoms with Crippen molar-refractivity contribution >= 4 is 15.9 Å². The number of ether oxygens (including phenoxy) is 2. The van der Waals surface area contributed by atoms with Crippen LogP contribution in [0.4, 0.5) is 0 Å². The average molecular weight is 275 g/mol. The van der Waals surface area contributed by atoms with E-state index < -0.39 is 0 Å². The number of methoxy groups -OCH3 is 2. The van der Waals surface area contributed by atoms with Crippen molar-refractivity contribution in [2.45, 2.75) is 12.8 Å². The maximum Gasteiger partial charge on any atom is 0.137 e. The monoisotopic (exact) mass is 274 g/mol. The molecule has 0 saturated carbocycles. The van der Waals surface area contributed by atoms with Gasteiger partial charge in [0.25, 0.3) is 0 Å². The lowest BCUT2D eigenvalue weighted by Crippen LogP contribution is -1.95. The van der Waals surface area contributed by atoms with Gasteiger partial charge >= 0.3 is 0 Å². The summed E-state index contributed by atoms with van der Waals surface area (Å²) in [5.74, 6) is 1.50. The van der Waals surface area contributed by atoms with Gasteiger partial charge in [-0.15, -0.1) is 0 Å². The first-order valence-electron chi connectivity index (χ1n) is 4.74. The highest BCUT2D eigenvalue weighted by Crippen LogP contribution is 2.35. The summed E-state index contributed by atoms with van der Waals surface area (Å²) in [5, 5.41) is 8.76. The van der Waals surface area contributed by atoms with Gasteiger partial charge in [-0.25, -0.2) is 0 Å². The van der Waals surface area contributed by atoms with Gasteiger partial charge in [0.05, 0.1) is 14.2 Å². The zero-order valence-corrected chi connectivity index (χ0v) is 10.5. The number of rotatable bonds is 5. The molecule has 1 rings (SSSR count). The lowest BCUT2D eigenvalue weighted by atomic mass is 10.1. The summed E-state index contributed by atoms with van der Waals surface area (Å²) in [6, 6.07) is 3.89. The summed E-state index contributed by atoms with van der Waals surface area (Å²) in [6.45, 7) is 0.195. The molecule has 0 aliphatic rings. The third-order valence-corrected chi connectivity index (χ3v) is 2.91. The molecule has 0 fully saturated rings. The van der Waals surface area contributed by atoms with Crippen LogP contribution in [-0.4, -0.2) is 25.9 Å². The minimum atomic E-state index is 0.195. The van der Waals surface area contributed by atoms with E-state index in [0.717, 1.165) is 34.4 Å². The second kappa shape index (κ2) is 5.98. The van der Waals surface area contributed by atoms with Crippen LogP contribution in [0.2, 0.25) is 0 Å². The number of aliphatic hydroxyl groups is 1. The Kier molecular flexibility index (Phi) is 4.91. The van der Waals surface area contributed by atoms with Crippen molar-refractivity contribution in [1.29, 1.82) is 0 Å². The molecule has 84 valence electrons. The first kappa shape index (κ1) is 12.3. The van der Waals surface area contributed by atoms with Gasteiger partial charge in [-0.2, -0.15) is 0 Å². The van der Waals surface area contributed by atoms with Crippen LogP contribution in [0.1, 0.15) is 12.0 Å². The summed E-state index contributed by atoms with van der Waals surface area (Å²) in [6.07, 6.45) is 1.56. The predicted molar refractivity (Wildman–Crippen MR) is 62.7 cm³/mol. The second-order valence-electron chi connectivity index (χ2n) is 3.14. The van der Waals surface area contributed by atoms with Crippen molar-refractivity contribution in [2.75, 3.05) is 20.8 Å². The van der Waals surface area contributed by atoms with Crippen LogP contribution in [-0.2, 0) is 6.42 Å². The molecule has 1 aromatic rings.